The van der Waals surface area contributed by atoms with Crippen molar-refractivity contribution in [2.75, 3.05) is 19.3 Å². The molecular formula is C12H17NOS. The molecule has 0 amide bonds. The fourth-order valence-electron chi connectivity index (χ4n) is 1.29. The van der Waals surface area contributed by atoms with Crippen molar-refractivity contribution in [2.45, 2.75) is 18.2 Å². The number of rotatable bonds is 6. The Labute approximate surface area is 95.5 Å². The van der Waals surface area contributed by atoms with E-state index in [4.69, 9.17) is 0 Å². The highest BCUT2D eigenvalue weighted by Crippen LogP contribution is 2.14. The van der Waals surface area contributed by atoms with Gasteiger partial charge in [-0.1, -0.05) is 12.1 Å². The molecule has 82 valence electrons. The average Bonchev–Trinajstić information content (AvgIpc) is 2.25. The first-order chi connectivity index (χ1) is 7.22. The zero-order valence-corrected chi connectivity index (χ0v) is 10.1. The largest absolute Gasteiger partial charge is 0.310 e. The van der Waals surface area contributed by atoms with Crippen LogP contribution in [0.5, 0.6) is 0 Å². The smallest absolute Gasteiger partial charge is 0.143 e. The van der Waals surface area contributed by atoms with Gasteiger partial charge in [0.1, 0.15) is 5.78 Å². The van der Waals surface area contributed by atoms with Gasteiger partial charge < -0.3 is 5.32 Å². The predicted octanol–water partition coefficient (Wildman–Crippen LogP) is 2.13. The quantitative estimate of drug-likeness (QED) is 0.592. The maximum Gasteiger partial charge on any atom is 0.143 e. The molecule has 1 N–H and O–H groups in total. The number of nitrogens with one attached hydrogen (secondary N) is 1. The highest BCUT2D eigenvalue weighted by Gasteiger charge is 1.95. The minimum Gasteiger partial charge on any atom is -0.310 e. The summed E-state index contributed by atoms with van der Waals surface area (Å²) in [6.07, 6.45) is 3.05. The van der Waals surface area contributed by atoms with Crippen LogP contribution in [0.4, 0.5) is 0 Å². The Morgan fingerprint density at radius 1 is 1.33 bits per heavy atom. The highest BCUT2D eigenvalue weighted by atomic mass is 32.2. The fourth-order valence-corrected chi connectivity index (χ4v) is 1.70. The van der Waals surface area contributed by atoms with E-state index in [2.05, 4.69) is 35.8 Å². The Bertz CT molecular complexity index is 308. The second kappa shape index (κ2) is 6.64. The number of Topliss-reactive ketones (excluding diaryl/α,β-unsaturated/α-hetero) is 1. The summed E-state index contributed by atoms with van der Waals surface area (Å²) in [4.78, 5) is 12.0. The number of hydrogen-bond donors (Lipinski definition) is 1. The van der Waals surface area contributed by atoms with Gasteiger partial charge in [-0.15, -0.1) is 11.8 Å². The summed E-state index contributed by atoms with van der Waals surface area (Å²) < 4.78 is 0. The Morgan fingerprint density at radius 3 is 2.53 bits per heavy atom. The lowest BCUT2D eigenvalue weighted by atomic mass is 10.1. The van der Waals surface area contributed by atoms with Crippen molar-refractivity contribution in [3.63, 3.8) is 0 Å². The first kappa shape index (κ1) is 12.3. The summed E-state index contributed by atoms with van der Waals surface area (Å²) in [6.45, 7) is 2.93. The molecule has 0 bridgehead atoms. The lowest BCUT2D eigenvalue weighted by Crippen LogP contribution is -2.23. The molecule has 0 radical (unpaired) electrons. The molecule has 0 aliphatic heterocycles. The third-order valence-corrected chi connectivity index (χ3v) is 2.87. The van der Waals surface area contributed by atoms with E-state index in [1.54, 1.807) is 18.7 Å². The molecule has 0 aliphatic carbocycles. The van der Waals surface area contributed by atoms with Crippen LogP contribution in [0.3, 0.4) is 0 Å². The van der Waals surface area contributed by atoms with Crippen LogP contribution in [-0.2, 0) is 11.2 Å². The van der Waals surface area contributed by atoms with Gasteiger partial charge in [0.25, 0.3) is 0 Å². The molecule has 1 rings (SSSR count). The molecule has 0 aliphatic rings. The summed E-state index contributed by atoms with van der Waals surface area (Å²) in [6, 6.07) is 8.54. The van der Waals surface area contributed by atoms with Crippen LogP contribution in [0.2, 0.25) is 0 Å². The Morgan fingerprint density at radius 2 is 2.00 bits per heavy atom. The molecule has 15 heavy (non-hydrogen) atoms. The fraction of sp³-hybridized carbons (Fsp3) is 0.417. The van der Waals surface area contributed by atoms with Crippen LogP contribution >= 0.6 is 11.8 Å². The van der Waals surface area contributed by atoms with E-state index in [0.717, 1.165) is 13.0 Å². The van der Waals surface area contributed by atoms with Gasteiger partial charge in [-0.2, -0.15) is 0 Å². The first-order valence-electron chi connectivity index (χ1n) is 5.05. The molecule has 3 heteroatoms. The molecule has 0 heterocycles. The third kappa shape index (κ3) is 5.00. The molecule has 0 saturated carbocycles. The second-order valence-electron chi connectivity index (χ2n) is 3.48. The maximum atomic E-state index is 10.7. The molecule has 1 aromatic carbocycles. The molecule has 0 atom stereocenters. The summed E-state index contributed by atoms with van der Waals surface area (Å²) in [5.41, 5.74) is 1.31. The van der Waals surface area contributed by atoms with Gasteiger partial charge in [-0.3, -0.25) is 4.79 Å². The summed E-state index contributed by atoms with van der Waals surface area (Å²) in [5.74, 6) is 0.188. The Balaban J connectivity index is 2.28. The second-order valence-corrected chi connectivity index (χ2v) is 4.36. The van der Waals surface area contributed by atoms with Crippen molar-refractivity contribution in [3.05, 3.63) is 29.8 Å². The number of carbonyl (C=O) groups is 1. The van der Waals surface area contributed by atoms with E-state index in [1.807, 2.05) is 0 Å². The molecule has 0 fully saturated rings. The summed E-state index contributed by atoms with van der Waals surface area (Å²) in [5, 5.41) is 3.11. The van der Waals surface area contributed by atoms with Gasteiger partial charge in [0.15, 0.2) is 0 Å². The minimum atomic E-state index is 0.188. The van der Waals surface area contributed by atoms with Crippen LogP contribution in [0.1, 0.15) is 12.5 Å². The number of benzene rings is 1. The molecular weight excluding hydrogens is 206 g/mol. The third-order valence-electron chi connectivity index (χ3n) is 2.12. The van der Waals surface area contributed by atoms with Crippen LogP contribution in [0, 0.1) is 0 Å². The van der Waals surface area contributed by atoms with Gasteiger partial charge in [0, 0.05) is 4.90 Å². The van der Waals surface area contributed by atoms with E-state index in [1.165, 1.54) is 10.5 Å². The molecule has 0 spiro atoms. The lowest BCUT2D eigenvalue weighted by Gasteiger charge is -2.03. The predicted molar refractivity (Wildman–Crippen MR) is 65.5 cm³/mol. The zero-order chi connectivity index (χ0) is 11.1. The van der Waals surface area contributed by atoms with Gasteiger partial charge in [-0.25, -0.2) is 0 Å². The van der Waals surface area contributed by atoms with Crippen LogP contribution in [0.25, 0.3) is 0 Å². The molecule has 1 aromatic rings. The van der Waals surface area contributed by atoms with E-state index < -0.39 is 0 Å². The standard InChI is InChI=1S/C12H17NOS/c1-10(14)9-13-8-7-11-3-5-12(15-2)6-4-11/h3-6,13H,7-9H2,1-2H3. The SMILES string of the molecule is CSc1ccc(CCNCC(C)=O)cc1. The summed E-state index contributed by atoms with van der Waals surface area (Å²) >= 11 is 1.75. The van der Waals surface area contributed by atoms with Crippen LogP contribution in [0.15, 0.2) is 29.2 Å². The van der Waals surface area contributed by atoms with Crippen molar-refractivity contribution >= 4 is 17.5 Å². The maximum absolute atomic E-state index is 10.7. The van der Waals surface area contributed by atoms with E-state index in [0.29, 0.717) is 6.54 Å². The number of hydrogen-bond acceptors (Lipinski definition) is 3. The Kier molecular flexibility index (Phi) is 5.43. The van der Waals surface area contributed by atoms with E-state index >= 15 is 0 Å². The highest BCUT2D eigenvalue weighted by molar-refractivity contribution is 7.98. The van der Waals surface area contributed by atoms with Crippen LogP contribution in [-0.4, -0.2) is 25.1 Å². The van der Waals surface area contributed by atoms with Crippen molar-refractivity contribution in [2.24, 2.45) is 0 Å². The average molecular weight is 223 g/mol. The first-order valence-corrected chi connectivity index (χ1v) is 6.28. The van der Waals surface area contributed by atoms with Crippen molar-refractivity contribution < 1.29 is 4.79 Å². The monoisotopic (exact) mass is 223 g/mol. The number of thioether (sulfide) groups is 1. The molecule has 0 unspecified atom stereocenters. The molecule has 0 aromatic heterocycles. The van der Waals surface area contributed by atoms with Gasteiger partial charge in [0.2, 0.25) is 0 Å². The lowest BCUT2D eigenvalue weighted by molar-refractivity contribution is -0.116. The number of ketones is 1. The zero-order valence-electron chi connectivity index (χ0n) is 9.25. The summed E-state index contributed by atoms with van der Waals surface area (Å²) in [7, 11) is 0. The molecule has 2 nitrogen and oxygen atoms in total. The van der Waals surface area contributed by atoms with Crippen molar-refractivity contribution in [1.29, 1.82) is 0 Å². The normalized spacial score (nSPS) is 10.3. The van der Waals surface area contributed by atoms with Crippen molar-refractivity contribution in [1.82, 2.24) is 5.32 Å². The minimum absolute atomic E-state index is 0.188. The van der Waals surface area contributed by atoms with Crippen molar-refractivity contribution in [3.8, 4) is 0 Å². The van der Waals surface area contributed by atoms with Gasteiger partial charge >= 0.3 is 0 Å². The van der Waals surface area contributed by atoms with Gasteiger partial charge in [-0.05, 0) is 43.8 Å². The number of carbonyl (C=O) groups excluding carboxylic acids is 1. The van der Waals surface area contributed by atoms with E-state index in [9.17, 15) is 4.79 Å². The van der Waals surface area contributed by atoms with Gasteiger partial charge in [0.05, 0.1) is 6.54 Å². The van der Waals surface area contributed by atoms with E-state index in [-0.39, 0.29) is 5.78 Å². The van der Waals surface area contributed by atoms with Crippen LogP contribution < -0.4 is 5.32 Å². The topological polar surface area (TPSA) is 29.1 Å². The Hall–Kier alpha value is -0.800. The molecule has 0 saturated heterocycles.